The van der Waals surface area contributed by atoms with Gasteiger partial charge in [0.25, 0.3) is 0 Å². The zero-order valence-corrected chi connectivity index (χ0v) is 23.5. The topological polar surface area (TPSA) is 86.7 Å². The zero-order valence-electron chi connectivity index (χ0n) is 21.9. The summed E-state index contributed by atoms with van der Waals surface area (Å²) in [6.07, 6.45) is 18.6. The van der Waals surface area contributed by atoms with Gasteiger partial charge in [-0.05, 0) is 0 Å². The summed E-state index contributed by atoms with van der Waals surface area (Å²) in [6.45, 7) is 11.8. The molecule has 34 heavy (non-hydrogen) atoms. The zero-order chi connectivity index (χ0) is 25.9. The average molecular weight is 517 g/mol. The molecule has 0 atom stereocenters. The molecule has 0 aromatic carbocycles. The first-order valence-electron chi connectivity index (χ1n) is 13.3. The maximum atomic E-state index is 13.6. The van der Waals surface area contributed by atoms with E-state index in [0.29, 0.717) is 6.42 Å². The van der Waals surface area contributed by atoms with Crippen LogP contribution in [0.5, 0.6) is 0 Å². The van der Waals surface area contributed by atoms with E-state index in [4.69, 9.17) is 6.64 Å². The molecule has 0 amide bonds. The molecule has 0 aliphatic heterocycles. The molecule has 0 aromatic heterocycles. The number of hydrogen-bond donors (Lipinski definition) is 0. The summed E-state index contributed by atoms with van der Waals surface area (Å²) in [4.78, 5) is 37.2. The molecular weight excluding hydrogens is 468 g/mol. The van der Waals surface area contributed by atoms with Crippen LogP contribution in [-0.4, -0.2) is 20.2 Å². The number of rotatable bonds is 23. The van der Waals surface area contributed by atoms with Crippen LogP contribution in [0.15, 0.2) is 25.3 Å². The summed E-state index contributed by atoms with van der Waals surface area (Å²) in [5, 5.41) is 0. The summed E-state index contributed by atoms with van der Waals surface area (Å²) in [6, 6.07) is 0. The summed E-state index contributed by atoms with van der Waals surface area (Å²) in [5.41, 5.74) is 0. The normalized spacial score (nSPS) is 11.9. The van der Waals surface area contributed by atoms with Crippen molar-refractivity contribution in [1.29, 1.82) is 0 Å². The second kappa shape index (κ2) is 18.1. The first-order chi connectivity index (χ1) is 16.1. The van der Waals surface area contributed by atoms with Crippen LogP contribution in [-0.2, 0) is 40.4 Å². The number of unbranched alkanes of at least 4 members (excludes halogenated alkanes) is 14. The SMILES string of the molecule is C=C[C](=O)[Ti](=[O])([O]C(=O)CCCCCCCCCCCCCCCCC)([O]C(C)C)[C](=O)C=C. The fourth-order valence-corrected chi connectivity index (χ4v) is 8.41. The van der Waals surface area contributed by atoms with E-state index in [0.717, 1.165) is 31.4 Å². The molecule has 0 rings (SSSR count). The van der Waals surface area contributed by atoms with Gasteiger partial charge in [-0.3, -0.25) is 0 Å². The van der Waals surface area contributed by atoms with E-state index in [-0.39, 0.29) is 6.42 Å². The van der Waals surface area contributed by atoms with Crippen molar-refractivity contribution < 1.29 is 40.4 Å². The summed E-state index contributed by atoms with van der Waals surface area (Å²) >= 11 is -6.70. The van der Waals surface area contributed by atoms with Gasteiger partial charge < -0.3 is 0 Å². The van der Waals surface area contributed by atoms with Gasteiger partial charge in [-0.1, -0.05) is 45.4 Å². The molecule has 0 saturated heterocycles. The van der Waals surface area contributed by atoms with E-state index in [9.17, 15) is 17.7 Å². The third-order valence-corrected chi connectivity index (χ3v) is 11.6. The van der Waals surface area contributed by atoms with Crippen LogP contribution < -0.4 is 0 Å². The van der Waals surface area contributed by atoms with Crippen LogP contribution in [0.25, 0.3) is 0 Å². The fraction of sp³-hybridized carbons (Fsp3) is 0.741. The quantitative estimate of drug-likeness (QED) is 0.0794. The first kappa shape index (κ1) is 32.8. The predicted molar refractivity (Wildman–Crippen MR) is 133 cm³/mol. The Morgan fingerprint density at radius 3 is 1.38 bits per heavy atom. The Hall–Kier alpha value is -1.24. The fourth-order valence-electron chi connectivity index (χ4n) is 4.04. The van der Waals surface area contributed by atoms with Gasteiger partial charge in [0, 0.05) is 0 Å². The van der Waals surface area contributed by atoms with E-state index in [1.165, 1.54) is 84.5 Å². The Labute approximate surface area is 209 Å². The number of hydrogen-bond acceptors (Lipinski definition) is 6. The van der Waals surface area contributed by atoms with Crippen molar-refractivity contribution in [2.45, 2.75) is 130 Å². The van der Waals surface area contributed by atoms with Gasteiger partial charge in [0.1, 0.15) is 0 Å². The molecule has 6 nitrogen and oxygen atoms in total. The third-order valence-electron chi connectivity index (χ3n) is 5.95. The van der Waals surface area contributed by atoms with Gasteiger partial charge in [-0.2, -0.15) is 0 Å². The minimum absolute atomic E-state index is 0.0316. The Kier molecular flexibility index (Phi) is 17.4. The summed E-state index contributed by atoms with van der Waals surface area (Å²) in [5.74, 6) is -0.868. The van der Waals surface area contributed by atoms with Crippen LogP contribution in [0.4, 0.5) is 0 Å². The Balaban J connectivity index is 4.21. The van der Waals surface area contributed by atoms with Gasteiger partial charge in [0.15, 0.2) is 0 Å². The molecule has 0 fully saturated rings. The average Bonchev–Trinajstić information content (AvgIpc) is 2.79. The van der Waals surface area contributed by atoms with Crippen molar-refractivity contribution in [3.05, 3.63) is 25.3 Å². The van der Waals surface area contributed by atoms with E-state index >= 15 is 0 Å². The van der Waals surface area contributed by atoms with E-state index < -0.39 is 36.3 Å². The molecule has 0 radical (unpaired) electrons. The Morgan fingerprint density at radius 1 is 0.706 bits per heavy atom. The van der Waals surface area contributed by atoms with Crippen molar-refractivity contribution in [3.63, 3.8) is 0 Å². The summed E-state index contributed by atoms with van der Waals surface area (Å²) in [7, 11) is 0. The monoisotopic (exact) mass is 516 g/mol. The van der Waals surface area contributed by atoms with Gasteiger partial charge in [-0.25, -0.2) is 0 Å². The molecule has 7 heteroatoms. The minimum atomic E-state index is -6.70. The van der Waals surface area contributed by atoms with Crippen molar-refractivity contribution in [2.24, 2.45) is 0 Å². The molecule has 0 unspecified atom stereocenters. The van der Waals surface area contributed by atoms with Crippen molar-refractivity contribution in [2.75, 3.05) is 0 Å². The van der Waals surface area contributed by atoms with E-state index in [1.54, 1.807) is 0 Å². The standard InChI is InChI=1S/C18H36O2.C3H7O.2C3H3O.O.Ti/c1-2-3-4-5-6-7-8-9-10-11-12-13-14-15-16-17-18(19)20;1-3(2)4;2*1-2-3-4;;/h2-17H2,1H3,(H,19,20);3H,1-2H3;2*2H,1H2;;/q;-1;;;;+2/p-1. The van der Waals surface area contributed by atoms with Crippen LogP contribution in [0.3, 0.4) is 0 Å². The molecule has 0 N–H and O–H groups in total. The van der Waals surface area contributed by atoms with Crippen LogP contribution in [0.1, 0.15) is 124 Å². The van der Waals surface area contributed by atoms with Crippen molar-refractivity contribution >= 4 is 14.1 Å². The molecular formula is C27H48O6Ti. The molecule has 0 spiro atoms. The molecule has 0 aliphatic rings. The van der Waals surface area contributed by atoms with Crippen LogP contribution in [0, 0.1) is 0 Å². The van der Waals surface area contributed by atoms with Crippen molar-refractivity contribution in [3.8, 4) is 0 Å². The Bertz CT molecular complexity index is 686. The Morgan fingerprint density at radius 2 is 1.06 bits per heavy atom. The second-order valence-corrected chi connectivity index (χ2v) is 14.8. The number of carbonyl (C=O) groups excluding carboxylic acids is 3. The molecule has 0 bridgehead atoms. The summed E-state index contributed by atoms with van der Waals surface area (Å²) < 4.78 is 21.6. The van der Waals surface area contributed by atoms with Gasteiger partial charge in [0.2, 0.25) is 0 Å². The predicted octanol–water partition coefficient (Wildman–Crippen LogP) is 7.51. The van der Waals surface area contributed by atoms with Gasteiger partial charge >= 0.3 is 164 Å². The van der Waals surface area contributed by atoms with Crippen molar-refractivity contribution in [1.82, 2.24) is 0 Å². The van der Waals surface area contributed by atoms with Gasteiger partial charge in [-0.15, -0.1) is 0 Å². The van der Waals surface area contributed by atoms with Crippen LogP contribution in [0.2, 0.25) is 0 Å². The maximum absolute atomic E-state index is 13.6. The van der Waals surface area contributed by atoms with E-state index in [2.05, 4.69) is 20.1 Å². The second-order valence-electron chi connectivity index (χ2n) is 9.46. The van der Waals surface area contributed by atoms with Crippen LogP contribution >= 0.6 is 0 Å². The van der Waals surface area contributed by atoms with E-state index in [1.807, 2.05) is 0 Å². The molecule has 0 aliphatic carbocycles. The molecule has 0 aromatic rings. The van der Waals surface area contributed by atoms with Gasteiger partial charge in [0.05, 0.1) is 0 Å². The number of allylic oxidation sites excluding steroid dienone is 2. The third kappa shape index (κ3) is 11.9. The molecule has 0 saturated carbocycles. The molecule has 0 heterocycles. The number of carbonyl (C=O) groups is 3. The first-order valence-corrected chi connectivity index (χ1v) is 16.7. The molecule has 196 valence electrons.